The largest absolute Gasteiger partial charge is 0.467 e. The van der Waals surface area contributed by atoms with Crippen molar-refractivity contribution >= 4 is 11.9 Å². The van der Waals surface area contributed by atoms with E-state index in [1.807, 2.05) is 0 Å². The van der Waals surface area contributed by atoms with Crippen molar-refractivity contribution < 1.29 is 18.7 Å². The van der Waals surface area contributed by atoms with Crippen LogP contribution >= 0.6 is 0 Å². The van der Waals surface area contributed by atoms with Crippen LogP contribution in [0.5, 0.6) is 0 Å². The summed E-state index contributed by atoms with van der Waals surface area (Å²) in [6.45, 7) is 0.558. The van der Waals surface area contributed by atoms with Gasteiger partial charge in [-0.25, -0.2) is 4.79 Å². The summed E-state index contributed by atoms with van der Waals surface area (Å²) in [4.78, 5) is 22.4. The lowest BCUT2D eigenvalue weighted by Crippen LogP contribution is -2.36. The first-order chi connectivity index (χ1) is 9.60. The fourth-order valence-electron chi connectivity index (χ4n) is 2.53. The van der Waals surface area contributed by atoms with Crippen LogP contribution in [0.15, 0.2) is 16.7 Å². The van der Waals surface area contributed by atoms with Gasteiger partial charge < -0.3 is 20.2 Å². The molecule has 1 saturated carbocycles. The summed E-state index contributed by atoms with van der Waals surface area (Å²) < 4.78 is 9.92. The Morgan fingerprint density at radius 3 is 2.70 bits per heavy atom. The van der Waals surface area contributed by atoms with Gasteiger partial charge in [0.1, 0.15) is 12.0 Å². The Hall–Kier alpha value is -1.82. The molecule has 2 rings (SSSR count). The minimum Gasteiger partial charge on any atom is -0.467 e. The third kappa shape index (κ3) is 3.60. The number of primary amides is 1. The molecule has 0 aliphatic heterocycles. The Morgan fingerprint density at radius 2 is 2.10 bits per heavy atom. The zero-order valence-corrected chi connectivity index (χ0v) is 11.6. The number of carbonyl (C=O) groups is 2. The van der Waals surface area contributed by atoms with Crippen molar-refractivity contribution in [2.45, 2.75) is 38.3 Å². The summed E-state index contributed by atoms with van der Waals surface area (Å²) in [7, 11) is 1.34. The van der Waals surface area contributed by atoms with Crippen LogP contribution in [0.3, 0.4) is 0 Å². The summed E-state index contributed by atoms with van der Waals surface area (Å²) in [6.07, 6.45) is 4.92. The molecule has 1 aromatic rings. The Bertz CT molecular complexity index is 475. The van der Waals surface area contributed by atoms with Crippen molar-refractivity contribution in [1.82, 2.24) is 5.32 Å². The van der Waals surface area contributed by atoms with Gasteiger partial charge in [-0.3, -0.25) is 4.79 Å². The van der Waals surface area contributed by atoms with E-state index in [1.54, 1.807) is 6.07 Å². The molecule has 1 heterocycles. The van der Waals surface area contributed by atoms with Crippen molar-refractivity contribution in [1.29, 1.82) is 0 Å². The molecule has 0 unspecified atom stereocenters. The van der Waals surface area contributed by atoms with Crippen molar-refractivity contribution in [3.8, 4) is 0 Å². The predicted molar refractivity (Wildman–Crippen MR) is 71.8 cm³/mol. The fourth-order valence-corrected chi connectivity index (χ4v) is 2.53. The van der Waals surface area contributed by atoms with Crippen molar-refractivity contribution in [2.24, 2.45) is 11.7 Å². The van der Waals surface area contributed by atoms with Crippen LogP contribution in [0.1, 0.15) is 41.8 Å². The molecule has 0 spiro atoms. The zero-order valence-electron chi connectivity index (χ0n) is 11.6. The molecule has 6 heteroatoms. The Balaban J connectivity index is 1.77. The molecule has 110 valence electrons. The molecule has 6 nitrogen and oxygen atoms in total. The normalized spacial score (nSPS) is 22.4. The van der Waals surface area contributed by atoms with Gasteiger partial charge in [-0.05, 0) is 31.7 Å². The summed E-state index contributed by atoms with van der Waals surface area (Å²) in [5.41, 5.74) is 5.72. The van der Waals surface area contributed by atoms with Crippen LogP contribution in [0, 0.1) is 5.92 Å². The fraction of sp³-hybridized carbons (Fsp3) is 0.571. The summed E-state index contributed by atoms with van der Waals surface area (Å²) in [5, 5.41) is 3.37. The first kappa shape index (κ1) is 14.6. The topological polar surface area (TPSA) is 94.6 Å². The number of hydrogen-bond donors (Lipinski definition) is 2. The summed E-state index contributed by atoms with van der Waals surface area (Å²) >= 11 is 0. The molecule has 1 aromatic heterocycles. The minimum atomic E-state index is -0.401. The van der Waals surface area contributed by atoms with E-state index in [-0.39, 0.29) is 11.8 Å². The molecule has 0 bridgehead atoms. The van der Waals surface area contributed by atoms with Gasteiger partial charge in [0.2, 0.25) is 5.91 Å². The SMILES string of the molecule is COC(=O)c1coc(CNC2CCC(C(N)=O)CC2)c1. The zero-order chi connectivity index (χ0) is 14.5. The lowest BCUT2D eigenvalue weighted by Gasteiger charge is -2.27. The second-order valence-corrected chi connectivity index (χ2v) is 5.13. The monoisotopic (exact) mass is 280 g/mol. The van der Waals surface area contributed by atoms with Gasteiger partial charge in [-0.15, -0.1) is 0 Å². The van der Waals surface area contributed by atoms with E-state index in [1.165, 1.54) is 13.4 Å². The number of esters is 1. The smallest absolute Gasteiger partial charge is 0.341 e. The first-order valence-corrected chi connectivity index (χ1v) is 6.78. The highest BCUT2D eigenvalue weighted by Gasteiger charge is 2.24. The number of furan rings is 1. The molecule has 1 fully saturated rings. The Labute approximate surface area is 117 Å². The number of amides is 1. The maximum Gasteiger partial charge on any atom is 0.341 e. The van der Waals surface area contributed by atoms with E-state index in [0.717, 1.165) is 25.7 Å². The van der Waals surface area contributed by atoms with Gasteiger partial charge in [0.25, 0.3) is 0 Å². The van der Waals surface area contributed by atoms with Gasteiger partial charge in [0.15, 0.2) is 0 Å². The molecule has 0 aromatic carbocycles. The average molecular weight is 280 g/mol. The number of nitrogens with one attached hydrogen (secondary N) is 1. The third-order valence-corrected chi connectivity index (χ3v) is 3.77. The molecule has 1 amide bonds. The summed E-state index contributed by atoms with van der Waals surface area (Å²) in [5.74, 6) is 0.115. The molecular weight excluding hydrogens is 260 g/mol. The number of carbonyl (C=O) groups excluding carboxylic acids is 2. The summed E-state index contributed by atoms with van der Waals surface area (Å²) in [6, 6.07) is 2.03. The molecule has 3 N–H and O–H groups in total. The second kappa shape index (κ2) is 6.56. The van der Waals surface area contributed by atoms with E-state index >= 15 is 0 Å². The third-order valence-electron chi connectivity index (χ3n) is 3.77. The van der Waals surface area contributed by atoms with Crippen LogP contribution in [-0.2, 0) is 16.1 Å². The maximum absolute atomic E-state index is 11.3. The minimum absolute atomic E-state index is 0.0163. The van der Waals surface area contributed by atoms with Gasteiger partial charge >= 0.3 is 5.97 Å². The van der Waals surface area contributed by atoms with E-state index in [0.29, 0.717) is 23.9 Å². The molecule has 20 heavy (non-hydrogen) atoms. The van der Waals surface area contributed by atoms with E-state index in [2.05, 4.69) is 10.1 Å². The highest BCUT2D eigenvalue weighted by molar-refractivity contribution is 5.88. The lowest BCUT2D eigenvalue weighted by atomic mass is 9.85. The van der Waals surface area contributed by atoms with Crippen molar-refractivity contribution in [2.75, 3.05) is 7.11 Å². The highest BCUT2D eigenvalue weighted by atomic mass is 16.5. The number of hydrogen-bond acceptors (Lipinski definition) is 5. The number of rotatable bonds is 5. The van der Waals surface area contributed by atoms with Gasteiger partial charge in [-0.1, -0.05) is 0 Å². The van der Waals surface area contributed by atoms with Crippen molar-refractivity contribution in [3.63, 3.8) is 0 Å². The van der Waals surface area contributed by atoms with Gasteiger partial charge in [0, 0.05) is 12.0 Å². The molecule has 1 aliphatic carbocycles. The van der Waals surface area contributed by atoms with Gasteiger partial charge in [-0.2, -0.15) is 0 Å². The maximum atomic E-state index is 11.3. The average Bonchev–Trinajstić information content (AvgIpc) is 2.93. The van der Waals surface area contributed by atoms with E-state index in [9.17, 15) is 9.59 Å². The second-order valence-electron chi connectivity index (χ2n) is 5.13. The van der Waals surface area contributed by atoms with Crippen LogP contribution in [0.2, 0.25) is 0 Å². The lowest BCUT2D eigenvalue weighted by molar-refractivity contribution is -0.122. The van der Waals surface area contributed by atoms with Gasteiger partial charge in [0.05, 0.1) is 19.2 Å². The van der Waals surface area contributed by atoms with E-state index < -0.39 is 5.97 Å². The van der Waals surface area contributed by atoms with E-state index in [4.69, 9.17) is 10.2 Å². The highest BCUT2D eigenvalue weighted by Crippen LogP contribution is 2.24. The van der Waals surface area contributed by atoms with Crippen LogP contribution in [0.25, 0.3) is 0 Å². The molecular formula is C14H20N2O4. The molecule has 0 saturated heterocycles. The Kier molecular flexibility index (Phi) is 4.79. The number of nitrogens with two attached hydrogens (primary N) is 1. The molecule has 0 radical (unpaired) electrons. The van der Waals surface area contributed by atoms with Crippen molar-refractivity contribution in [3.05, 3.63) is 23.7 Å². The quantitative estimate of drug-likeness (QED) is 0.790. The molecule has 0 atom stereocenters. The Morgan fingerprint density at radius 1 is 1.40 bits per heavy atom. The standard InChI is InChI=1S/C14H20N2O4/c1-19-14(18)10-6-12(20-8-10)7-16-11-4-2-9(3-5-11)13(15)17/h6,8-9,11,16H,2-5,7H2,1H3,(H2,15,17). The van der Waals surface area contributed by atoms with Crippen LogP contribution < -0.4 is 11.1 Å². The predicted octanol–water partition coefficient (Wildman–Crippen LogP) is 1.20. The first-order valence-electron chi connectivity index (χ1n) is 6.78. The van der Waals surface area contributed by atoms with Crippen LogP contribution in [0.4, 0.5) is 0 Å². The van der Waals surface area contributed by atoms with Crippen LogP contribution in [-0.4, -0.2) is 25.0 Å². The number of methoxy groups -OCH3 is 1. The molecule has 1 aliphatic rings. The number of ether oxygens (including phenoxy) is 1.